The number of rotatable bonds is 0. The van der Waals surface area contributed by atoms with Crippen LogP contribution in [0.2, 0.25) is 0 Å². The first kappa shape index (κ1) is 16.4. The van der Waals surface area contributed by atoms with Crippen LogP contribution in [0.5, 0.6) is 0 Å². The van der Waals surface area contributed by atoms with E-state index in [1.54, 1.807) is 0 Å². The first-order chi connectivity index (χ1) is 2.64. The summed E-state index contributed by atoms with van der Waals surface area (Å²) in [6.45, 7) is 0. The minimum absolute atomic E-state index is 0. The van der Waals surface area contributed by atoms with Crippen molar-refractivity contribution in [2.24, 2.45) is 0 Å². The molecule has 6 heteroatoms. The molecule has 0 unspecified atom stereocenters. The second-order valence-electron chi connectivity index (χ2n) is 0.610. The van der Waals surface area contributed by atoms with Crippen LogP contribution in [0.15, 0.2) is 0 Å². The topological polar surface area (TPSA) is 74.6 Å². The number of hydrogen-bond acceptors (Lipinski definition) is 2. The first-order valence-electron chi connectivity index (χ1n) is 1.11. The van der Waals surface area contributed by atoms with Gasteiger partial charge in [0.15, 0.2) is 0 Å². The SMILES string of the molecule is O=C(O)C(=O)O.[BaH2].[CaH2]. The second-order valence-corrected chi connectivity index (χ2v) is 0.610. The molecule has 0 aromatic rings. The summed E-state index contributed by atoms with van der Waals surface area (Å²) in [4.78, 5) is 18.2. The number of aliphatic carboxylic acids is 2. The van der Waals surface area contributed by atoms with Crippen LogP contribution in [0.4, 0.5) is 0 Å². The normalized spacial score (nSPS) is 5.50. The van der Waals surface area contributed by atoms with E-state index < -0.39 is 11.9 Å². The van der Waals surface area contributed by atoms with Crippen LogP contribution in [-0.4, -0.2) is 109 Å². The number of carboxylic acid groups (broad SMARTS) is 2. The van der Waals surface area contributed by atoms with Crippen LogP contribution in [0.25, 0.3) is 0 Å². The molecule has 0 aromatic heterocycles. The van der Waals surface area contributed by atoms with Crippen LogP contribution < -0.4 is 0 Å². The Kier molecular flexibility index (Phi) is 18.0. The van der Waals surface area contributed by atoms with E-state index in [1.165, 1.54) is 0 Å². The zero-order chi connectivity index (χ0) is 5.15. The number of hydrogen-bond donors (Lipinski definition) is 2. The third kappa shape index (κ3) is 10.7. The van der Waals surface area contributed by atoms with Gasteiger partial charge in [0.05, 0.1) is 0 Å². The van der Waals surface area contributed by atoms with Crippen molar-refractivity contribution in [1.29, 1.82) is 0 Å². The average molecular weight is 271 g/mol. The van der Waals surface area contributed by atoms with Crippen molar-refractivity contribution in [3.8, 4) is 0 Å². The quantitative estimate of drug-likeness (QED) is 0.372. The molecule has 0 atom stereocenters. The molecule has 0 fully saturated rings. The molecule has 0 rings (SSSR count). The van der Waals surface area contributed by atoms with Gasteiger partial charge in [-0.25, -0.2) is 9.59 Å². The van der Waals surface area contributed by atoms with Gasteiger partial charge in [-0.15, -0.1) is 0 Å². The van der Waals surface area contributed by atoms with Crippen molar-refractivity contribution in [3.63, 3.8) is 0 Å². The molecule has 0 heterocycles. The molecular formula is C2H6BaCaO4. The maximum absolute atomic E-state index is 9.10. The molecule has 0 saturated carbocycles. The van der Waals surface area contributed by atoms with Gasteiger partial charge in [-0.05, 0) is 0 Å². The Balaban J connectivity index is -0.000000125. The molecule has 0 aliphatic rings. The maximum atomic E-state index is 9.10. The van der Waals surface area contributed by atoms with E-state index in [-0.39, 0.29) is 86.6 Å². The fourth-order valence-electron chi connectivity index (χ4n) is 0. The number of carboxylic acids is 2. The monoisotopic (exact) mass is 272 g/mol. The summed E-state index contributed by atoms with van der Waals surface area (Å²) in [6, 6.07) is 0. The number of carbonyl (C=O) groups is 2. The Morgan fingerprint density at radius 2 is 1.12 bits per heavy atom. The molecule has 0 aliphatic heterocycles. The second kappa shape index (κ2) is 8.77. The summed E-state index contributed by atoms with van der Waals surface area (Å²) in [5.74, 6) is -3.65. The summed E-state index contributed by atoms with van der Waals surface area (Å²) < 4.78 is 0. The van der Waals surface area contributed by atoms with Gasteiger partial charge < -0.3 is 10.2 Å². The van der Waals surface area contributed by atoms with Gasteiger partial charge in [0.1, 0.15) is 0 Å². The summed E-state index contributed by atoms with van der Waals surface area (Å²) in [6.07, 6.45) is 0. The fourth-order valence-corrected chi connectivity index (χ4v) is 0. The summed E-state index contributed by atoms with van der Waals surface area (Å²) >= 11 is 0. The standard InChI is InChI=1S/C2H2O4.Ba.Ca.4H/c3-1(4)2(5)6;;;;;;/h(H,3,4)(H,5,6);;;;;;. The van der Waals surface area contributed by atoms with Crippen molar-refractivity contribution < 1.29 is 19.8 Å². The Morgan fingerprint density at radius 1 is 1.00 bits per heavy atom. The van der Waals surface area contributed by atoms with E-state index in [9.17, 15) is 0 Å². The van der Waals surface area contributed by atoms with Crippen molar-refractivity contribution in [1.82, 2.24) is 0 Å². The molecule has 0 aromatic carbocycles. The molecule has 0 saturated heterocycles. The van der Waals surface area contributed by atoms with Crippen molar-refractivity contribution in [2.75, 3.05) is 0 Å². The predicted molar refractivity (Wildman–Crippen MR) is 32.4 cm³/mol. The van der Waals surface area contributed by atoms with E-state index in [0.29, 0.717) is 0 Å². The van der Waals surface area contributed by atoms with Crippen LogP contribution in [0.3, 0.4) is 0 Å². The molecule has 8 heavy (non-hydrogen) atoms. The molecular weight excluding hydrogens is 265 g/mol. The molecule has 0 bridgehead atoms. The molecule has 0 radical (unpaired) electrons. The molecule has 2 N–H and O–H groups in total. The minimum atomic E-state index is -1.82. The van der Waals surface area contributed by atoms with Crippen molar-refractivity contribution >= 4 is 98.6 Å². The average Bonchev–Trinajstić information content (AvgIpc) is 1.36. The van der Waals surface area contributed by atoms with Crippen LogP contribution >= 0.6 is 0 Å². The first-order valence-corrected chi connectivity index (χ1v) is 1.11. The zero-order valence-electron chi connectivity index (χ0n) is 2.71. The third-order valence-electron chi connectivity index (χ3n) is 0.183. The van der Waals surface area contributed by atoms with E-state index in [4.69, 9.17) is 19.8 Å². The Morgan fingerprint density at radius 3 is 1.12 bits per heavy atom. The summed E-state index contributed by atoms with van der Waals surface area (Å²) in [5.41, 5.74) is 0. The van der Waals surface area contributed by atoms with Crippen LogP contribution in [-0.2, 0) is 9.59 Å². The third-order valence-corrected chi connectivity index (χ3v) is 0.183. The van der Waals surface area contributed by atoms with Crippen molar-refractivity contribution in [2.45, 2.75) is 0 Å². The van der Waals surface area contributed by atoms with Gasteiger partial charge in [-0.3, -0.25) is 0 Å². The van der Waals surface area contributed by atoms with E-state index in [1.807, 2.05) is 0 Å². The molecule has 0 amide bonds. The summed E-state index contributed by atoms with van der Waals surface area (Å²) in [5, 5.41) is 14.8. The van der Waals surface area contributed by atoms with Gasteiger partial charge >= 0.3 is 98.6 Å². The van der Waals surface area contributed by atoms with E-state index in [2.05, 4.69) is 0 Å². The Bertz CT molecular complexity index is 80.0. The predicted octanol–water partition coefficient (Wildman–Crippen LogP) is -2.68. The van der Waals surface area contributed by atoms with Gasteiger partial charge in [-0.1, -0.05) is 0 Å². The Hall–Kier alpha value is 1.77. The van der Waals surface area contributed by atoms with Crippen LogP contribution in [0.1, 0.15) is 0 Å². The summed E-state index contributed by atoms with van der Waals surface area (Å²) in [7, 11) is 0. The van der Waals surface area contributed by atoms with Crippen LogP contribution in [0, 0.1) is 0 Å². The van der Waals surface area contributed by atoms with Gasteiger partial charge in [0.25, 0.3) is 0 Å². The fraction of sp³-hybridized carbons (Fsp3) is 0. The van der Waals surface area contributed by atoms with Crippen molar-refractivity contribution in [3.05, 3.63) is 0 Å². The van der Waals surface area contributed by atoms with Gasteiger partial charge in [0.2, 0.25) is 0 Å². The van der Waals surface area contributed by atoms with Gasteiger partial charge in [0, 0.05) is 0 Å². The van der Waals surface area contributed by atoms with E-state index >= 15 is 0 Å². The molecule has 0 spiro atoms. The Labute approximate surface area is 116 Å². The van der Waals surface area contributed by atoms with E-state index in [0.717, 1.165) is 0 Å². The molecule has 42 valence electrons. The van der Waals surface area contributed by atoms with Gasteiger partial charge in [-0.2, -0.15) is 0 Å². The zero-order valence-corrected chi connectivity index (χ0v) is 2.71. The molecule has 4 nitrogen and oxygen atoms in total. The molecule has 0 aliphatic carbocycles.